The predicted octanol–water partition coefficient (Wildman–Crippen LogP) is 20.5. The Kier molecular flexibility index (Phi) is 73.9. The summed E-state index contributed by atoms with van der Waals surface area (Å²) < 4.78 is 71.2. The lowest BCUT2D eigenvalue weighted by atomic mass is 10.0. The predicted molar refractivity (Wildman–Crippen MR) is 433 cm³/mol. The van der Waals surface area contributed by atoms with E-state index in [0.717, 1.165) is 141 Å². The van der Waals surface area contributed by atoms with Crippen molar-refractivity contribution in [3.63, 3.8) is 0 Å². The van der Waals surface area contributed by atoms with Gasteiger partial charge in [-0.15, -0.1) is 0 Å². The number of phosphoric ester groups is 2. The van der Waals surface area contributed by atoms with Gasteiger partial charge < -0.3 is 50.0 Å². The number of carbonyl (C=O) groups excluding carboxylic acids is 7. The van der Waals surface area contributed by atoms with Crippen LogP contribution in [0, 0.1) is 0 Å². The van der Waals surface area contributed by atoms with Crippen LogP contribution < -0.4 is 21.3 Å². The molecule has 0 spiro atoms. The first-order valence-electron chi connectivity index (χ1n) is 43.7. The van der Waals surface area contributed by atoms with Crippen molar-refractivity contribution in [1.82, 2.24) is 21.3 Å². The number of unbranched alkanes of at least 4 members (excludes halogenated alkanes) is 40. The van der Waals surface area contributed by atoms with Crippen LogP contribution in [0.2, 0.25) is 0 Å². The minimum Gasteiger partial charge on any atom is -0.462 e. The SMILES string of the molecule is CCCCCCCCCCCC(=O)CC(=O)N[C@@H](COCC[C@@H](CCCCCCC)OC(=O)CCCCCCCCCCC)COP(=O)(O)OCCNC(=O)NCCOP(=O)(O)OC[C@H](COCC[C@@H](CCCCCCC)OC(=O)CCCCCCCCCCC)NC(=O)CC(=O)CCCCCCCCCCC. The van der Waals surface area contributed by atoms with Gasteiger partial charge in [-0.2, -0.15) is 0 Å². The molecule has 108 heavy (non-hydrogen) atoms. The molecule has 0 rings (SSSR count). The van der Waals surface area contributed by atoms with E-state index in [1.165, 1.54) is 141 Å². The van der Waals surface area contributed by atoms with Crippen LogP contribution >= 0.6 is 15.6 Å². The van der Waals surface area contributed by atoms with Gasteiger partial charge in [-0.1, -0.05) is 298 Å². The molecule has 6 atom stereocenters. The minimum atomic E-state index is -4.80. The van der Waals surface area contributed by atoms with Crippen LogP contribution in [0.4, 0.5) is 4.79 Å². The molecule has 2 unspecified atom stereocenters. The van der Waals surface area contributed by atoms with E-state index in [4.69, 9.17) is 37.0 Å². The zero-order valence-electron chi connectivity index (χ0n) is 69.2. The lowest BCUT2D eigenvalue weighted by molar-refractivity contribution is -0.151. The molecule has 0 aromatic rings. The van der Waals surface area contributed by atoms with Gasteiger partial charge in [0.25, 0.3) is 0 Å². The standard InChI is InChI=1S/C83H160N4O19P2/c1-7-13-19-25-29-33-37-43-47-53-75(88)67-79(90)86-73(69-99-63-59-77(55-49-41-23-17-11-5)105-81(92)57-51-45-39-35-31-27-21-15-9-3)71-103-107(95,96)101-65-61-84-83(94)85-62-66-102-108(97,98)104-72-74(87-80(91)68-76(89)54-48-44-38-34-30-26-20-14-8-2)70-100-64-60-78(56-50-42-24-18-12-6)106-82(93)58-52-46-40-36-32-28-22-16-10-4/h73-74,77-78H,7-72H2,1-6H3,(H,86,90)(H,87,91)(H,95,96)(H,97,98)(H2,84,85,94)/t73-,74-,77+,78+/m0/s1. The summed E-state index contributed by atoms with van der Waals surface area (Å²) in [5, 5.41) is 10.3. The number of carbonyl (C=O) groups is 7. The third kappa shape index (κ3) is 72.8. The quantitative estimate of drug-likeness (QED) is 0.0143. The van der Waals surface area contributed by atoms with Crippen molar-refractivity contribution >= 4 is 57.0 Å². The van der Waals surface area contributed by atoms with Crippen molar-refractivity contribution in [3.8, 4) is 0 Å². The molecule has 0 aliphatic rings. The highest BCUT2D eigenvalue weighted by atomic mass is 31.2. The number of urea groups is 1. The van der Waals surface area contributed by atoms with Gasteiger partial charge in [0, 0.05) is 51.6 Å². The zero-order valence-corrected chi connectivity index (χ0v) is 71.0. The molecule has 0 aliphatic carbocycles. The Bertz CT molecular complexity index is 2120. The maximum atomic E-state index is 13.3. The number of rotatable bonds is 84. The van der Waals surface area contributed by atoms with Gasteiger partial charge in [0.2, 0.25) is 11.8 Å². The van der Waals surface area contributed by atoms with E-state index in [1.807, 2.05) is 0 Å². The van der Waals surface area contributed by atoms with Crippen molar-refractivity contribution in [3.05, 3.63) is 0 Å². The smallest absolute Gasteiger partial charge is 0.462 e. The Morgan fingerprint density at radius 1 is 0.306 bits per heavy atom. The molecule has 0 aromatic heterocycles. The molecule has 0 heterocycles. The van der Waals surface area contributed by atoms with E-state index < -0.39 is 72.0 Å². The van der Waals surface area contributed by atoms with Crippen LogP contribution in [0.15, 0.2) is 0 Å². The first-order chi connectivity index (χ1) is 52.3. The lowest BCUT2D eigenvalue weighted by Gasteiger charge is -2.22. The summed E-state index contributed by atoms with van der Waals surface area (Å²) in [7, 11) is -9.60. The molecule has 0 bridgehead atoms. The van der Waals surface area contributed by atoms with Crippen LogP contribution in [-0.2, 0) is 74.9 Å². The summed E-state index contributed by atoms with van der Waals surface area (Å²) in [4.78, 5) is 113. The van der Waals surface area contributed by atoms with Crippen molar-refractivity contribution < 1.29 is 89.5 Å². The number of Topliss-reactive ketones (excluding diaryl/α,β-unsaturated/α-hetero) is 2. The monoisotopic (exact) mass is 1580 g/mol. The van der Waals surface area contributed by atoms with E-state index in [2.05, 4.69) is 62.8 Å². The van der Waals surface area contributed by atoms with Crippen molar-refractivity contribution in [2.75, 3.05) is 65.9 Å². The Balaban J connectivity index is 5.68. The van der Waals surface area contributed by atoms with Gasteiger partial charge in [-0.05, 0) is 51.4 Å². The Hall–Kier alpha value is -3.37. The Morgan fingerprint density at radius 2 is 0.565 bits per heavy atom. The first kappa shape index (κ1) is 105. The average molecular weight is 1580 g/mol. The molecule has 25 heteroatoms. The Labute approximate surface area is 656 Å². The van der Waals surface area contributed by atoms with E-state index in [0.29, 0.717) is 51.4 Å². The highest BCUT2D eigenvalue weighted by molar-refractivity contribution is 7.47. The zero-order chi connectivity index (χ0) is 79.5. The molecule has 636 valence electrons. The Morgan fingerprint density at radius 3 is 0.852 bits per heavy atom. The number of ketones is 2. The van der Waals surface area contributed by atoms with Crippen LogP contribution in [0.3, 0.4) is 0 Å². The second-order valence-corrected chi connectivity index (χ2v) is 32.9. The summed E-state index contributed by atoms with van der Waals surface area (Å²) in [5.41, 5.74) is 0. The largest absolute Gasteiger partial charge is 0.472 e. The maximum Gasteiger partial charge on any atom is 0.472 e. The van der Waals surface area contributed by atoms with Gasteiger partial charge in [-0.3, -0.25) is 46.9 Å². The number of amides is 4. The van der Waals surface area contributed by atoms with Gasteiger partial charge in [0.1, 0.15) is 23.8 Å². The number of nitrogens with one attached hydrogen (secondary N) is 4. The van der Waals surface area contributed by atoms with E-state index in [1.54, 1.807) is 0 Å². The summed E-state index contributed by atoms with van der Waals surface area (Å²) in [6, 6.07) is -2.73. The summed E-state index contributed by atoms with van der Waals surface area (Å²) in [6.45, 7) is 10.5. The summed E-state index contributed by atoms with van der Waals surface area (Å²) in [6.07, 6.45) is 52.3. The molecule has 23 nitrogen and oxygen atoms in total. The van der Waals surface area contributed by atoms with Crippen molar-refractivity contribution in [1.29, 1.82) is 0 Å². The fourth-order valence-electron chi connectivity index (χ4n) is 12.8. The van der Waals surface area contributed by atoms with E-state index >= 15 is 0 Å². The molecule has 0 saturated heterocycles. The van der Waals surface area contributed by atoms with E-state index in [9.17, 15) is 52.5 Å². The second-order valence-electron chi connectivity index (χ2n) is 30.0. The number of hydrogen-bond donors (Lipinski definition) is 6. The molecule has 0 fully saturated rings. The molecule has 0 radical (unpaired) electrons. The van der Waals surface area contributed by atoms with Gasteiger partial charge in [0.15, 0.2) is 0 Å². The summed E-state index contributed by atoms with van der Waals surface area (Å²) >= 11 is 0. The van der Waals surface area contributed by atoms with Crippen LogP contribution in [-0.4, -0.2) is 141 Å². The molecule has 0 aliphatic heterocycles. The molecule has 0 saturated carbocycles. The average Bonchev–Trinajstić information content (AvgIpc) is 0.914. The normalized spacial score (nSPS) is 13.8. The molecule has 4 amide bonds. The van der Waals surface area contributed by atoms with Gasteiger partial charge >= 0.3 is 33.6 Å². The number of hydrogen-bond acceptors (Lipinski definition) is 17. The molecule has 6 N–H and O–H groups in total. The number of phosphoric acid groups is 2. The number of esters is 2. The maximum absolute atomic E-state index is 13.3. The summed E-state index contributed by atoms with van der Waals surface area (Å²) in [5.74, 6) is -2.09. The third-order valence-corrected chi connectivity index (χ3v) is 21.3. The van der Waals surface area contributed by atoms with Crippen LogP contribution in [0.1, 0.15) is 401 Å². The molecular formula is C83H160N4O19P2. The highest BCUT2D eigenvalue weighted by Gasteiger charge is 2.28. The molecule has 0 aromatic carbocycles. The number of ether oxygens (including phenoxy) is 4. The van der Waals surface area contributed by atoms with E-state index in [-0.39, 0.29) is 101 Å². The topological polar surface area (TPSA) is 316 Å². The van der Waals surface area contributed by atoms with Crippen molar-refractivity contribution in [2.24, 2.45) is 0 Å². The second kappa shape index (κ2) is 76.3. The minimum absolute atomic E-state index is 0.153. The lowest BCUT2D eigenvalue weighted by Crippen LogP contribution is -2.42. The van der Waals surface area contributed by atoms with Crippen molar-refractivity contribution in [2.45, 2.75) is 425 Å². The van der Waals surface area contributed by atoms with Crippen LogP contribution in [0.25, 0.3) is 0 Å². The van der Waals surface area contributed by atoms with Gasteiger partial charge in [0.05, 0.1) is 77.8 Å². The third-order valence-electron chi connectivity index (χ3n) is 19.4. The fourth-order valence-corrected chi connectivity index (χ4v) is 14.3. The van der Waals surface area contributed by atoms with Gasteiger partial charge in [-0.25, -0.2) is 13.9 Å². The first-order valence-corrected chi connectivity index (χ1v) is 46.7. The fraction of sp³-hybridized carbons (Fsp3) is 0.916. The molecular weight excluding hydrogens is 1420 g/mol. The highest BCUT2D eigenvalue weighted by Crippen LogP contribution is 2.44. The van der Waals surface area contributed by atoms with Crippen LogP contribution in [0.5, 0.6) is 0 Å².